The van der Waals surface area contributed by atoms with Gasteiger partial charge in [-0.15, -0.1) is 0 Å². The molecule has 1 heterocycles. The first-order chi connectivity index (χ1) is 9.07. The Hall–Kier alpha value is -1.75. The SMILES string of the molecule is CCSc1n(-c2ccccc2)c(=O)c(C)c(O)[n+]1C. The molecule has 1 aromatic carbocycles. The lowest BCUT2D eigenvalue weighted by molar-refractivity contribution is -0.720. The van der Waals surface area contributed by atoms with E-state index in [-0.39, 0.29) is 11.4 Å². The van der Waals surface area contributed by atoms with Crippen molar-refractivity contribution in [3.63, 3.8) is 0 Å². The molecule has 0 spiro atoms. The molecule has 0 aliphatic rings. The molecule has 0 bridgehead atoms. The van der Waals surface area contributed by atoms with Crippen LogP contribution in [0.15, 0.2) is 40.3 Å². The smallest absolute Gasteiger partial charge is 0.350 e. The van der Waals surface area contributed by atoms with Crippen molar-refractivity contribution in [3.8, 4) is 11.6 Å². The molecule has 2 aromatic rings. The Balaban J connectivity index is 2.82. The molecule has 0 fully saturated rings. The average Bonchev–Trinajstić information content (AvgIpc) is 2.44. The molecule has 0 aliphatic heterocycles. The fraction of sp³-hybridized carbons (Fsp3) is 0.286. The fourth-order valence-electron chi connectivity index (χ4n) is 1.94. The van der Waals surface area contributed by atoms with E-state index < -0.39 is 0 Å². The van der Waals surface area contributed by atoms with Crippen molar-refractivity contribution in [2.75, 3.05) is 5.75 Å². The monoisotopic (exact) mass is 277 g/mol. The molecule has 1 N–H and O–H groups in total. The van der Waals surface area contributed by atoms with Crippen LogP contribution in [0.4, 0.5) is 0 Å². The molecular formula is C14H17N2O2S+. The average molecular weight is 277 g/mol. The van der Waals surface area contributed by atoms with Gasteiger partial charge in [-0.2, -0.15) is 9.13 Å². The van der Waals surface area contributed by atoms with Gasteiger partial charge in [0.15, 0.2) is 0 Å². The minimum Gasteiger partial charge on any atom is -0.477 e. The van der Waals surface area contributed by atoms with Crippen LogP contribution in [0.3, 0.4) is 0 Å². The summed E-state index contributed by atoms with van der Waals surface area (Å²) < 4.78 is 3.29. The van der Waals surface area contributed by atoms with Crippen molar-refractivity contribution in [2.24, 2.45) is 7.05 Å². The number of hydrogen-bond donors (Lipinski definition) is 1. The van der Waals surface area contributed by atoms with Gasteiger partial charge in [-0.3, -0.25) is 0 Å². The summed E-state index contributed by atoms with van der Waals surface area (Å²) in [6, 6.07) is 9.47. The zero-order valence-electron chi connectivity index (χ0n) is 11.3. The molecule has 19 heavy (non-hydrogen) atoms. The number of aromatic hydroxyl groups is 1. The summed E-state index contributed by atoms with van der Waals surface area (Å²) in [5.41, 5.74) is 0.978. The highest BCUT2D eigenvalue weighted by molar-refractivity contribution is 7.99. The summed E-state index contributed by atoms with van der Waals surface area (Å²) in [6.07, 6.45) is 0. The molecule has 0 amide bonds. The Morgan fingerprint density at radius 1 is 1.32 bits per heavy atom. The topological polar surface area (TPSA) is 46.1 Å². The van der Waals surface area contributed by atoms with Crippen LogP contribution < -0.4 is 10.1 Å². The normalized spacial score (nSPS) is 10.7. The molecule has 5 heteroatoms. The van der Waals surface area contributed by atoms with E-state index in [2.05, 4.69) is 0 Å². The van der Waals surface area contributed by atoms with Crippen LogP contribution in [0.25, 0.3) is 5.69 Å². The van der Waals surface area contributed by atoms with Crippen LogP contribution in [0.1, 0.15) is 12.5 Å². The third-order valence-corrected chi connectivity index (χ3v) is 3.95. The molecule has 4 nitrogen and oxygen atoms in total. The lowest BCUT2D eigenvalue weighted by atomic mass is 10.3. The van der Waals surface area contributed by atoms with Crippen molar-refractivity contribution in [3.05, 3.63) is 46.2 Å². The molecule has 0 saturated heterocycles. The van der Waals surface area contributed by atoms with E-state index in [1.54, 1.807) is 23.1 Å². The molecule has 0 unspecified atom stereocenters. The largest absolute Gasteiger partial charge is 0.477 e. The maximum atomic E-state index is 12.4. The minimum absolute atomic E-state index is 0.0214. The van der Waals surface area contributed by atoms with Crippen molar-refractivity contribution in [2.45, 2.75) is 19.0 Å². The minimum atomic E-state index is -0.183. The van der Waals surface area contributed by atoms with Gasteiger partial charge in [-0.25, -0.2) is 4.79 Å². The van der Waals surface area contributed by atoms with Crippen molar-refractivity contribution >= 4 is 11.8 Å². The van der Waals surface area contributed by atoms with Crippen LogP contribution in [-0.4, -0.2) is 15.4 Å². The van der Waals surface area contributed by atoms with Gasteiger partial charge in [0, 0.05) is 5.75 Å². The Morgan fingerprint density at radius 3 is 2.53 bits per heavy atom. The van der Waals surface area contributed by atoms with Gasteiger partial charge in [0.1, 0.15) is 11.3 Å². The summed E-state index contributed by atoms with van der Waals surface area (Å²) >= 11 is 1.53. The van der Waals surface area contributed by atoms with E-state index >= 15 is 0 Å². The van der Waals surface area contributed by atoms with Gasteiger partial charge in [0.25, 0.3) is 5.88 Å². The Kier molecular flexibility index (Phi) is 3.95. The van der Waals surface area contributed by atoms with Gasteiger partial charge in [-0.1, -0.05) is 25.1 Å². The summed E-state index contributed by atoms with van der Waals surface area (Å²) in [5, 5.41) is 10.7. The number of para-hydroxylation sites is 1. The number of aromatic nitrogens is 2. The Bertz CT molecular complexity index is 651. The molecule has 100 valence electrons. The number of hydrogen-bond acceptors (Lipinski definition) is 3. The number of nitrogens with zero attached hydrogens (tertiary/aromatic N) is 2. The highest BCUT2D eigenvalue weighted by Gasteiger charge is 2.25. The van der Waals surface area contributed by atoms with Crippen molar-refractivity contribution < 1.29 is 9.67 Å². The standard InChI is InChI=1S/C14H16N2O2S/c1-4-19-14-15(3)12(17)10(2)13(18)16(14)11-8-6-5-7-9-11/h5-9H,4H2,1-3H3/p+1. The maximum absolute atomic E-state index is 12.4. The first-order valence-corrected chi connectivity index (χ1v) is 7.09. The van der Waals surface area contributed by atoms with Crippen LogP contribution >= 0.6 is 11.8 Å². The molecule has 0 radical (unpaired) electrons. The van der Waals surface area contributed by atoms with E-state index in [9.17, 15) is 9.90 Å². The van der Waals surface area contributed by atoms with Crippen LogP contribution in [0.5, 0.6) is 5.88 Å². The number of benzene rings is 1. The van der Waals surface area contributed by atoms with Gasteiger partial charge < -0.3 is 5.11 Å². The van der Waals surface area contributed by atoms with E-state index in [1.807, 2.05) is 37.3 Å². The number of rotatable bonds is 3. The second-order valence-corrected chi connectivity index (χ2v) is 5.43. The first kappa shape index (κ1) is 13.7. The molecule has 2 rings (SSSR count). The van der Waals surface area contributed by atoms with Gasteiger partial charge in [0.05, 0.1) is 7.05 Å². The summed E-state index contributed by atoms with van der Waals surface area (Å²) in [6.45, 7) is 3.65. The van der Waals surface area contributed by atoms with Gasteiger partial charge >= 0.3 is 10.7 Å². The van der Waals surface area contributed by atoms with E-state index in [4.69, 9.17) is 0 Å². The lowest BCUT2D eigenvalue weighted by Gasteiger charge is -2.09. The third-order valence-electron chi connectivity index (χ3n) is 2.94. The predicted molar refractivity (Wildman–Crippen MR) is 76.0 cm³/mol. The lowest BCUT2D eigenvalue weighted by Crippen LogP contribution is -2.41. The summed E-state index contributed by atoms with van der Waals surface area (Å²) in [7, 11) is 1.76. The second kappa shape index (κ2) is 5.48. The zero-order valence-corrected chi connectivity index (χ0v) is 12.1. The third kappa shape index (κ3) is 2.38. The molecule has 1 aromatic heterocycles. The predicted octanol–water partition coefficient (Wildman–Crippen LogP) is 1.79. The van der Waals surface area contributed by atoms with Gasteiger partial charge in [-0.05, 0) is 30.8 Å². The quantitative estimate of drug-likeness (QED) is 0.528. The Labute approximate surface area is 116 Å². The number of thioether (sulfide) groups is 1. The summed E-state index contributed by atoms with van der Waals surface area (Å²) in [5.74, 6) is 0.843. The Morgan fingerprint density at radius 2 is 1.95 bits per heavy atom. The van der Waals surface area contributed by atoms with Crippen molar-refractivity contribution in [1.82, 2.24) is 4.57 Å². The van der Waals surface area contributed by atoms with E-state index in [1.165, 1.54) is 11.8 Å². The van der Waals surface area contributed by atoms with Gasteiger partial charge in [0.2, 0.25) is 0 Å². The molecule has 0 saturated carbocycles. The van der Waals surface area contributed by atoms with E-state index in [0.29, 0.717) is 5.56 Å². The fourth-order valence-corrected chi connectivity index (χ4v) is 2.79. The van der Waals surface area contributed by atoms with Crippen LogP contribution in [-0.2, 0) is 7.05 Å². The first-order valence-electron chi connectivity index (χ1n) is 6.10. The van der Waals surface area contributed by atoms with Crippen molar-refractivity contribution in [1.29, 1.82) is 0 Å². The van der Waals surface area contributed by atoms with Crippen LogP contribution in [0, 0.1) is 6.92 Å². The molecular weight excluding hydrogens is 260 g/mol. The van der Waals surface area contributed by atoms with Crippen LogP contribution in [0.2, 0.25) is 0 Å². The summed E-state index contributed by atoms with van der Waals surface area (Å²) in [4.78, 5) is 12.4. The van der Waals surface area contributed by atoms with E-state index in [0.717, 1.165) is 16.6 Å². The second-order valence-electron chi connectivity index (χ2n) is 4.20. The maximum Gasteiger partial charge on any atom is 0.350 e. The molecule has 0 atom stereocenters. The molecule has 0 aliphatic carbocycles. The highest BCUT2D eigenvalue weighted by atomic mass is 32.2. The highest BCUT2D eigenvalue weighted by Crippen LogP contribution is 2.19. The zero-order chi connectivity index (χ0) is 14.0.